The molecule has 0 unspecified atom stereocenters. The van der Waals surface area contributed by atoms with Gasteiger partial charge in [0.2, 0.25) is 0 Å². The highest BCUT2D eigenvalue weighted by atomic mass is 16.3. The lowest BCUT2D eigenvalue weighted by Gasteiger charge is -2.19. The maximum absolute atomic E-state index is 6.54. The van der Waals surface area contributed by atoms with Crippen LogP contribution in [0.1, 0.15) is 26.3 Å². The summed E-state index contributed by atoms with van der Waals surface area (Å²) in [5, 5.41) is 4.74. The lowest BCUT2D eigenvalue weighted by molar-refractivity contribution is 0.590. The van der Waals surface area contributed by atoms with Crippen LogP contribution in [-0.2, 0) is 5.41 Å². The van der Waals surface area contributed by atoms with Gasteiger partial charge in [0.15, 0.2) is 5.58 Å². The van der Waals surface area contributed by atoms with Crippen molar-refractivity contribution >= 4 is 54.8 Å². The standard InChI is InChI=1S/C42H32N2O/c1-42(2,3)29-19-21-31(22-20-29)43-36-15-9-7-13-32(36)34-25-27(17-23-37(34)43)28-18-24-38-35(26-28)41-40(33-14-8-10-16-39(33)45-41)44(38)30-11-5-4-6-12-30/h4-26H,1-3H3. The van der Waals surface area contributed by atoms with Gasteiger partial charge in [-0.3, -0.25) is 0 Å². The summed E-state index contributed by atoms with van der Waals surface area (Å²) in [6.07, 6.45) is 0. The van der Waals surface area contributed by atoms with Crippen molar-refractivity contribution in [2.24, 2.45) is 0 Å². The van der Waals surface area contributed by atoms with E-state index < -0.39 is 0 Å². The maximum Gasteiger partial charge on any atom is 0.161 e. The molecule has 0 aliphatic rings. The summed E-state index contributed by atoms with van der Waals surface area (Å²) in [6, 6.07) is 50.3. The molecule has 0 aliphatic heterocycles. The van der Waals surface area contributed by atoms with E-state index in [0.29, 0.717) is 0 Å². The normalized spacial score (nSPS) is 12.3. The molecule has 216 valence electrons. The van der Waals surface area contributed by atoms with Crippen LogP contribution in [0.3, 0.4) is 0 Å². The van der Waals surface area contributed by atoms with Crippen LogP contribution in [-0.4, -0.2) is 9.13 Å². The van der Waals surface area contributed by atoms with Crippen LogP contribution in [0.15, 0.2) is 144 Å². The first kappa shape index (κ1) is 25.9. The Morgan fingerprint density at radius 1 is 0.467 bits per heavy atom. The van der Waals surface area contributed by atoms with Crippen molar-refractivity contribution in [2.45, 2.75) is 26.2 Å². The Balaban J connectivity index is 1.25. The Bertz CT molecular complexity index is 2550. The minimum absolute atomic E-state index is 0.116. The number of para-hydroxylation sites is 3. The molecule has 0 aliphatic carbocycles. The molecule has 9 aromatic rings. The van der Waals surface area contributed by atoms with E-state index in [-0.39, 0.29) is 5.41 Å². The first-order valence-electron chi connectivity index (χ1n) is 15.6. The molecule has 9 rings (SSSR count). The monoisotopic (exact) mass is 580 g/mol. The summed E-state index contributed by atoms with van der Waals surface area (Å²) in [7, 11) is 0. The van der Waals surface area contributed by atoms with E-state index in [9.17, 15) is 0 Å². The molecule has 3 heterocycles. The number of hydrogen-bond donors (Lipinski definition) is 0. The topological polar surface area (TPSA) is 23.0 Å². The van der Waals surface area contributed by atoms with E-state index >= 15 is 0 Å². The van der Waals surface area contributed by atoms with Gasteiger partial charge >= 0.3 is 0 Å². The lowest BCUT2D eigenvalue weighted by Crippen LogP contribution is -2.10. The molecule has 0 saturated heterocycles. The van der Waals surface area contributed by atoms with Gasteiger partial charge in [-0.15, -0.1) is 0 Å². The van der Waals surface area contributed by atoms with Gasteiger partial charge in [0.05, 0.1) is 16.6 Å². The maximum atomic E-state index is 6.54. The lowest BCUT2D eigenvalue weighted by atomic mass is 9.87. The van der Waals surface area contributed by atoms with Gasteiger partial charge in [-0.2, -0.15) is 0 Å². The molecule has 3 nitrogen and oxygen atoms in total. The van der Waals surface area contributed by atoms with E-state index in [1.807, 2.05) is 6.07 Å². The second-order valence-electron chi connectivity index (χ2n) is 13.1. The first-order valence-corrected chi connectivity index (χ1v) is 15.6. The van der Waals surface area contributed by atoms with Crippen molar-refractivity contribution in [1.29, 1.82) is 0 Å². The average molecular weight is 581 g/mol. The van der Waals surface area contributed by atoms with Crippen LogP contribution in [0.25, 0.3) is 77.3 Å². The van der Waals surface area contributed by atoms with Gasteiger partial charge in [-0.25, -0.2) is 0 Å². The van der Waals surface area contributed by atoms with Gasteiger partial charge in [-0.1, -0.05) is 93.6 Å². The molecule has 3 aromatic heterocycles. The van der Waals surface area contributed by atoms with Crippen LogP contribution in [0, 0.1) is 0 Å². The Labute approximate surface area is 261 Å². The second kappa shape index (κ2) is 9.48. The Kier molecular flexibility index (Phi) is 5.46. The molecular formula is C42H32N2O. The minimum atomic E-state index is 0.116. The third kappa shape index (κ3) is 3.90. The molecule has 45 heavy (non-hydrogen) atoms. The number of nitrogens with zero attached hydrogens (tertiary/aromatic N) is 2. The SMILES string of the molecule is CC(C)(C)c1ccc(-n2c3ccccc3c3cc(-c4ccc5c(c4)c4oc6ccccc6c4n5-c4ccccc4)ccc32)cc1. The predicted octanol–water partition coefficient (Wildman–Crippen LogP) is 11.6. The van der Waals surface area contributed by atoms with Gasteiger partial charge in [-0.05, 0) is 88.8 Å². The Morgan fingerprint density at radius 2 is 1.04 bits per heavy atom. The van der Waals surface area contributed by atoms with E-state index in [1.54, 1.807) is 0 Å². The zero-order valence-corrected chi connectivity index (χ0v) is 25.6. The molecule has 0 atom stereocenters. The summed E-state index contributed by atoms with van der Waals surface area (Å²) >= 11 is 0. The number of hydrogen-bond acceptors (Lipinski definition) is 1. The number of aromatic nitrogens is 2. The Hall–Kier alpha value is -5.54. The van der Waals surface area contributed by atoms with Crippen LogP contribution >= 0.6 is 0 Å². The molecular weight excluding hydrogens is 548 g/mol. The number of fused-ring (bicyclic) bond motifs is 8. The molecule has 0 N–H and O–H groups in total. The van der Waals surface area contributed by atoms with Crippen LogP contribution < -0.4 is 0 Å². The largest absolute Gasteiger partial charge is 0.454 e. The highest BCUT2D eigenvalue weighted by Gasteiger charge is 2.21. The molecule has 0 saturated carbocycles. The van der Waals surface area contributed by atoms with Crippen molar-refractivity contribution in [3.63, 3.8) is 0 Å². The zero-order chi connectivity index (χ0) is 30.3. The van der Waals surface area contributed by atoms with Crippen molar-refractivity contribution < 1.29 is 4.42 Å². The molecule has 6 aromatic carbocycles. The molecule has 0 bridgehead atoms. The van der Waals surface area contributed by atoms with Gasteiger partial charge in [0, 0.05) is 32.9 Å². The fourth-order valence-corrected chi connectivity index (χ4v) is 7.04. The quantitative estimate of drug-likeness (QED) is 0.204. The summed E-state index contributed by atoms with van der Waals surface area (Å²) in [4.78, 5) is 0. The van der Waals surface area contributed by atoms with Crippen molar-refractivity contribution in [3.8, 4) is 22.5 Å². The summed E-state index contributed by atoms with van der Waals surface area (Å²) < 4.78 is 11.3. The third-order valence-electron chi connectivity index (χ3n) is 9.29. The summed E-state index contributed by atoms with van der Waals surface area (Å²) in [6.45, 7) is 6.78. The van der Waals surface area contributed by atoms with Crippen molar-refractivity contribution in [2.75, 3.05) is 0 Å². The van der Waals surface area contributed by atoms with Crippen molar-refractivity contribution in [1.82, 2.24) is 9.13 Å². The van der Waals surface area contributed by atoms with Gasteiger partial charge in [0.1, 0.15) is 11.1 Å². The minimum Gasteiger partial charge on any atom is -0.454 e. The molecule has 0 fully saturated rings. The molecule has 3 heteroatoms. The second-order valence-corrected chi connectivity index (χ2v) is 13.1. The number of furan rings is 1. The fourth-order valence-electron chi connectivity index (χ4n) is 7.04. The number of benzene rings is 6. The highest BCUT2D eigenvalue weighted by molar-refractivity contribution is 6.17. The van der Waals surface area contributed by atoms with Crippen LogP contribution in [0.2, 0.25) is 0 Å². The molecule has 0 radical (unpaired) electrons. The highest BCUT2D eigenvalue weighted by Crippen LogP contribution is 2.41. The zero-order valence-electron chi connectivity index (χ0n) is 25.6. The van der Waals surface area contributed by atoms with E-state index in [2.05, 4.69) is 163 Å². The van der Waals surface area contributed by atoms with Crippen LogP contribution in [0.4, 0.5) is 0 Å². The third-order valence-corrected chi connectivity index (χ3v) is 9.29. The number of rotatable bonds is 3. The summed E-state index contributed by atoms with van der Waals surface area (Å²) in [5.41, 5.74) is 12.6. The Morgan fingerprint density at radius 3 is 1.78 bits per heavy atom. The summed E-state index contributed by atoms with van der Waals surface area (Å²) in [5.74, 6) is 0. The van der Waals surface area contributed by atoms with Gasteiger partial charge < -0.3 is 13.6 Å². The smallest absolute Gasteiger partial charge is 0.161 e. The van der Waals surface area contributed by atoms with Gasteiger partial charge in [0.25, 0.3) is 0 Å². The van der Waals surface area contributed by atoms with E-state index in [1.165, 1.54) is 44.2 Å². The molecule has 0 spiro atoms. The molecule has 0 amide bonds. The van der Waals surface area contributed by atoms with Crippen LogP contribution in [0.5, 0.6) is 0 Å². The predicted molar refractivity (Wildman–Crippen MR) is 189 cm³/mol. The van der Waals surface area contributed by atoms with Crippen molar-refractivity contribution in [3.05, 3.63) is 145 Å². The first-order chi connectivity index (χ1) is 22.0. The van der Waals surface area contributed by atoms with E-state index in [0.717, 1.165) is 38.7 Å². The fraction of sp³-hybridized carbons (Fsp3) is 0.0952. The average Bonchev–Trinajstić information content (AvgIpc) is 3.71. The van der Waals surface area contributed by atoms with E-state index in [4.69, 9.17) is 4.42 Å².